The van der Waals surface area contributed by atoms with Gasteiger partial charge in [0.1, 0.15) is 5.82 Å². The van der Waals surface area contributed by atoms with Crippen LogP contribution in [0.15, 0.2) is 36.8 Å². The van der Waals surface area contributed by atoms with E-state index in [0.717, 1.165) is 17.5 Å². The summed E-state index contributed by atoms with van der Waals surface area (Å²) in [5.41, 5.74) is 14.2. The van der Waals surface area contributed by atoms with Crippen molar-refractivity contribution >= 4 is 11.5 Å². The second-order valence-electron chi connectivity index (χ2n) is 3.30. The fraction of sp³-hybridized carbons (Fsp3) is 0.0909. The Morgan fingerprint density at radius 1 is 1.00 bits per heavy atom. The molecule has 4 nitrogen and oxygen atoms in total. The number of hydrogen-bond donors (Lipinski definition) is 2. The van der Waals surface area contributed by atoms with Gasteiger partial charge in [-0.2, -0.15) is 0 Å². The molecule has 0 atom stereocenters. The van der Waals surface area contributed by atoms with E-state index in [2.05, 4.69) is 9.97 Å². The van der Waals surface area contributed by atoms with E-state index < -0.39 is 0 Å². The summed E-state index contributed by atoms with van der Waals surface area (Å²) in [7, 11) is 0. The molecule has 0 spiro atoms. The molecule has 4 heteroatoms. The van der Waals surface area contributed by atoms with Crippen LogP contribution in [-0.4, -0.2) is 9.97 Å². The zero-order valence-corrected chi connectivity index (χ0v) is 8.22. The molecule has 0 saturated carbocycles. The Morgan fingerprint density at radius 3 is 2.47 bits per heavy atom. The molecular weight excluding hydrogens is 188 g/mol. The summed E-state index contributed by atoms with van der Waals surface area (Å²) in [5.74, 6) is 0.390. The summed E-state index contributed by atoms with van der Waals surface area (Å²) < 4.78 is 0. The third kappa shape index (κ3) is 2.04. The Balaban J connectivity index is 2.29. The highest BCUT2D eigenvalue weighted by Gasteiger charge is 2.03. The smallest absolute Gasteiger partial charge is 0.146 e. The lowest BCUT2D eigenvalue weighted by Gasteiger charge is -2.06. The van der Waals surface area contributed by atoms with Crippen molar-refractivity contribution in [2.24, 2.45) is 0 Å². The van der Waals surface area contributed by atoms with Crippen molar-refractivity contribution in [3.63, 3.8) is 0 Å². The maximum absolute atomic E-state index is 5.83. The van der Waals surface area contributed by atoms with Gasteiger partial charge < -0.3 is 11.5 Å². The van der Waals surface area contributed by atoms with Crippen molar-refractivity contribution in [2.45, 2.75) is 6.42 Å². The van der Waals surface area contributed by atoms with Gasteiger partial charge >= 0.3 is 0 Å². The first-order chi connectivity index (χ1) is 7.27. The Bertz CT molecular complexity index is 453. The average Bonchev–Trinajstić information content (AvgIpc) is 2.26. The summed E-state index contributed by atoms with van der Waals surface area (Å²) in [4.78, 5) is 7.88. The van der Waals surface area contributed by atoms with Crippen molar-refractivity contribution in [3.8, 4) is 0 Å². The number of nitrogens with zero attached hydrogens (tertiary/aromatic N) is 2. The number of aromatic nitrogens is 2. The quantitative estimate of drug-likeness (QED) is 0.764. The lowest BCUT2D eigenvalue weighted by Crippen LogP contribution is -2.02. The monoisotopic (exact) mass is 200 g/mol. The van der Waals surface area contributed by atoms with E-state index in [1.165, 1.54) is 0 Å². The molecule has 2 heterocycles. The number of nitrogens with two attached hydrogens (primary N) is 2. The van der Waals surface area contributed by atoms with Gasteiger partial charge in [-0.15, -0.1) is 0 Å². The van der Waals surface area contributed by atoms with Gasteiger partial charge in [0, 0.05) is 18.6 Å². The van der Waals surface area contributed by atoms with Gasteiger partial charge in [-0.1, -0.05) is 0 Å². The summed E-state index contributed by atoms with van der Waals surface area (Å²) in [6, 6.07) is 5.79. The Labute approximate surface area is 88.0 Å². The normalized spacial score (nSPS) is 10.1. The number of hydrogen-bond acceptors (Lipinski definition) is 4. The topological polar surface area (TPSA) is 77.8 Å². The fourth-order valence-electron chi connectivity index (χ4n) is 1.41. The molecule has 0 bridgehead atoms. The molecular formula is C11H12N4. The van der Waals surface area contributed by atoms with Gasteiger partial charge in [-0.3, -0.25) is 4.98 Å². The molecule has 0 amide bonds. The molecule has 0 aromatic carbocycles. The molecule has 4 N–H and O–H groups in total. The van der Waals surface area contributed by atoms with Gasteiger partial charge in [0.25, 0.3) is 0 Å². The van der Waals surface area contributed by atoms with Crippen LogP contribution in [0.3, 0.4) is 0 Å². The minimum absolute atomic E-state index is 0.390. The molecule has 2 aromatic rings. The van der Waals surface area contributed by atoms with Crippen molar-refractivity contribution in [1.29, 1.82) is 0 Å². The second kappa shape index (κ2) is 3.96. The van der Waals surface area contributed by atoms with Gasteiger partial charge in [0.15, 0.2) is 0 Å². The highest BCUT2D eigenvalue weighted by molar-refractivity contribution is 5.63. The van der Waals surface area contributed by atoms with E-state index in [4.69, 9.17) is 11.5 Å². The van der Waals surface area contributed by atoms with Gasteiger partial charge in [0.05, 0.1) is 5.69 Å². The van der Waals surface area contributed by atoms with Crippen LogP contribution in [0, 0.1) is 0 Å². The van der Waals surface area contributed by atoms with Crippen LogP contribution >= 0.6 is 0 Å². The maximum atomic E-state index is 5.83. The Hall–Kier alpha value is -2.10. The van der Waals surface area contributed by atoms with E-state index in [-0.39, 0.29) is 0 Å². The van der Waals surface area contributed by atoms with Crippen molar-refractivity contribution in [1.82, 2.24) is 9.97 Å². The first-order valence-corrected chi connectivity index (χ1v) is 4.65. The van der Waals surface area contributed by atoms with Crippen LogP contribution < -0.4 is 11.5 Å². The number of nitrogen functional groups attached to an aromatic ring is 2. The highest BCUT2D eigenvalue weighted by atomic mass is 14.9. The molecule has 0 radical (unpaired) electrons. The highest BCUT2D eigenvalue weighted by Crippen LogP contribution is 2.19. The summed E-state index contributed by atoms with van der Waals surface area (Å²) in [6.45, 7) is 0. The van der Waals surface area contributed by atoms with Crippen molar-refractivity contribution < 1.29 is 0 Å². The standard InChI is InChI=1S/C11H12N4/c12-10-9(3-6-15-11(10)13)7-8-1-4-14-5-2-8/h1-6H,7,12H2,(H2,13,15). The lowest BCUT2D eigenvalue weighted by molar-refractivity contribution is 1.15. The predicted molar refractivity (Wildman–Crippen MR) is 60.1 cm³/mol. The zero-order chi connectivity index (χ0) is 10.7. The zero-order valence-electron chi connectivity index (χ0n) is 8.22. The minimum Gasteiger partial charge on any atom is -0.396 e. The largest absolute Gasteiger partial charge is 0.396 e. The Kier molecular flexibility index (Phi) is 2.49. The fourth-order valence-corrected chi connectivity index (χ4v) is 1.41. The maximum Gasteiger partial charge on any atom is 0.146 e. The molecule has 2 rings (SSSR count). The lowest BCUT2D eigenvalue weighted by atomic mass is 10.1. The van der Waals surface area contributed by atoms with Crippen LogP contribution in [0.4, 0.5) is 11.5 Å². The predicted octanol–water partition coefficient (Wildman–Crippen LogP) is 1.23. The third-order valence-corrected chi connectivity index (χ3v) is 2.26. The van der Waals surface area contributed by atoms with Crippen LogP contribution in [0.25, 0.3) is 0 Å². The van der Waals surface area contributed by atoms with Crippen molar-refractivity contribution in [3.05, 3.63) is 47.9 Å². The second-order valence-corrected chi connectivity index (χ2v) is 3.30. The molecule has 76 valence electrons. The molecule has 2 aromatic heterocycles. The molecule has 0 aliphatic rings. The van der Waals surface area contributed by atoms with Crippen LogP contribution in [0.5, 0.6) is 0 Å². The molecule has 0 unspecified atom stereocenters. The summed E-state index contributed by atoms with van der Waals surface area (Å²) in [6.07, 6.45) is 5.94. The molecule has 0 aliphatic carbocycles. The van der Waals surface area contributed by atoms with Crippen LogP contribution in [0.1, 0.15) is 11.1 Å². The van der Waals surface area contributed by atoms with E-state index in [0.29, 0.717) is 11.5 Å². The first kappa shape index (κ1) is 9.45. The average molecular weight is 200 g/mol. The van der Waals surface area contributed by atoms with Crippen LogP contribution in [0.2, 0.25) is 0 Å². The molecule has 0 aliphatic heterocycles. The molecule has 0 saturated heterocycles. The number of pyridine rings is 2. The molecule has 15 heavy (non-hydrogen) atoms. The van der Waals surface area contributed by atoms with E-state index in [9.17, 15) is 0 Å². The summed E-state index contributed by atoms with van der Waals surface area (Å²) in [5, 5.41) is 0. The van der Waals surface area contributed by atoms with E-state index >= 15 is 0 Å². The van der Waals surface area contributed by atoms with Gasteiger partial charge in [-0.05, 0) is 35.7 Å². The number of rotatable bonds is 2. The summed E-state index contributed by atoms with van der Waals surface area (Å²) >= 11 is 0. The molecule has 0 fully saturated rings. The third-order valence-electron chi connectivity index (χ3n) is 2.26. The van der Waals surface area contributed by atoms with Crippen LogP contribution in [-0.2, 0) is 6.42 Å². The first-order valence-electron chi connectivity index (χ1n) is 4.65. The number of anilines is 2. The SMILES string of the molecule is Nc1nccc(Cc2ccncc2)c1N. The minimum atomic E-state index is 0.390. The van der Waals surface area contributed by atoms with Crippen molar-refractivity contribution in [2.75, 3.05) is 11.5 Å². The van der Waals surface area contributed by atoms with Gasteiger partial charge in [0.2, 0.25) is 0 Å². The van der Waals surface area contributed by atoms with Gasteiger partial charge in [-0.25, -0.2) is 4.98 Å². The Morgan fingerprint density at radius 2 is 1.73 bits per heavy atom. The van der Waals surface area contributed by atoms with E-state index in [1.54, 1.807) is 18.6 Å². The van der Waals surface area contributed by atoms with E-state index in [1.807, 2.05) is 18.2 Å².